The number of hydrogen-bond donors (Lipinski definition) is 2. The lowest BCUT2D eigenvalue weighted by atomic mass is 10.2. The van der Waals surface area contributed by atoms with Crippen LogP contribution in [-0.2, 0) is 11.2 Å². The normalized spacial score (nSPS) is 19.3. The molecule has 1 aromatic rings. The van der Waals surface area contributed by atoms with Gasteiger partial charge in [0.2, 0.25) is 5.91 Å². The first-order valence-electron chi connectivity index (χ1n) is 6.79. The molecular formula is C14H21N3O2. The number of aromatic amines is 1. The zero-order valence-electron chi connectivity index (χ0n) is 11.7. The number of carbonyl (C=O) groups is 2. The summed E-state index contributed by atoms with van der Waals surface area (Å²) in [6.45, 7) is 6.61. The molecule has 2 amide bonds. The highest BCUT2D eigenvalue weighted by atomic mass is 16.2. The third-order valence-corrected chi connectivity index (χ3v) is 3.49. The summed E-state index contributed by atoms with van der Waals surface area (Å²) in [6.07, 6.45) is 1.27. The van der Waals surface area contributed by atoms with E-state index in [2.05, 4.69) is 10.3 Å². The Bertz CT molecular complexity index is 479. The molecule has 0 spiro atoms. The number of rotatable bonds is 4. The van der Waals surface area contributed by atoms with E-state index in [1.165, 1.54) is 0 Å². The zero-order chi connectivity index (χ0) is 14.0. The molecule has 0 bridgehead atoms. The minimum absolute atomic E-state index is 0.0872. The zero-order valence-corrected chi connectivity index (χ0v) is 11.7. The summed E-state index contributed by atoms with van der Waals surface area (Å²) < 4.78 is 0. The molecular weight excluding hydrogens is 242 g/mol. The van der Waals surface area contributed by atoms with Gasteiger partial charge in [-0.05, 0) is 32.4 Å². The lowest BCUT2D eigenvalue weighted by molar-refractivity contribution is -0.129. The van der Waals surface area contributed by atoms with Crippen molar-refractivity contribution in [3.63, 3.8) is 0 Å². The van der Waals surface area contributed by atoms with Crippen LogP contribution in [0.1, 0.15) is 43.4 Å². The molecule has 1 aliphatic rings. The fourth-order valence-electron chi connectivity index (χ4n) is 2.37. The predicted octanol–water partition coefficient (Wildman–Crippen LogP) is 1.32. The molecule has 19 heavy (non-hydrogen) atoms. The van der Waals surface area contributed by atoms with Crippen molar-refractivity contribution < 1.29 is 9.59 Å². The maximum atomic E-state index is 12.0. The third kappa shape index (κ3) is 2.97. The van der Waals surface area contributed by atoms with Gasteiger partial charge in [-0.3, -0.25) is 9.59 Å². The number of H-pyrrole nitrogens is 1. The number of nitrogens with zero attached hydrogens (tertiary/aromatic N) is 1. The second kappa shape index (κ2) is 5.47. The van der Waals surface area contributed by atoms with Gasteiger partial charge >= 0.3 is 0 Å². The molecule has 1 atom stereocenters. The van der Waals surface area contributed by atoms with Gasteiger partial charge in [0, 0.05) is 24.7 Å². The van der Waals surface area contributed by atoms with E-state index in [9.17, 15) is 9.59 Å². The second-order valence-corrected chi connectivity index (χ2v) is 5.27. The quantitative estimate of drug-likeness (QED) is 0.860. The minimum atomic E-state index is -0.136. The van der Waals surface area contributed by atoms with Gasteiger partial charge < -0.3 is 15.2 Å². The molecule has 2 heterocycles. The van der Waals surface area contributed by atoms with Crippen molar-refractivity contribution >= 4 is 11.8 Å². The van der Waals surface area contributed by atoms with Gasteiger partial charge in [-0.15, -0.1) is 0 Å². The molecule has 0 aromatic carbocycles. The summed E-state index contributed by atoms with van der Waals surface area (Å²) in [5.74, 6) is -0.0239. The van der Waals surface area contributed by atoms with Gasteiger partial charge in [0.15, 0.2) is 0 Å². The molecule has 1 aromatic heterocycles. The van der Waals surface area contributed by atoms with Crippen molar-refractivity contribution in [2.45, 2.75) is 45.7 Å². The monoisotopic (exact) mass is 263 g/mol. The van der Waals surface area contributed by atoms with Crippen molar-refractivity contribution in [3.05, 3.63) is 23.5 Å². The van der Waals surface area contributed by atoms with E-state index in [0.717, 1.165) is 12.1 Å². The molecule has 2 rings (SSSR count). The fourth-order valence-corrected chi connectivity index (χ4v) is 2.37. The molecule has 5 nitrogen and oxygen atoms in total. The summed E-state index contributed by atoms with van der Waals surface area (Å²) in [6, 6.07) is 3.79. The first-order valence-corrected chi connectivity index (χ1v) is 6.79. The van der Waals surface area contributed by atoms with Crippen LogP contribution in [0.5, 0.6) is 0 Å². The van der Waals surface area contributed by atoms with Gasteiger partial charge in [0.25, 0.3) is 5.91 Å². The van der Waals surface area contributed by atoms with Gasteiger partial charge in [-0.2, -0.15) is 0 Å². The highest BCUT2D eigenvalue weighted by Crippen LogP contribution is 2.14. The fraction of sp³-hybridized carbons (Fsp3) is 0.571. The Morgan fingerprint density at radius 2 is 2.26 bits per heavy atom. The number of nitrogens with one attached hydrogen (secondary N) is 2. The van der Waals surface area contributed by atoms with Crippen LogP contribution < -0.4 is 5.32 Å². The molecule has 104 valence electrons. The smallest absolute Gasteiger partial charge is 0.267 e. The van der Waals surface area contributed by atoms with E-state index in [4.69, 9.17) is 0 Å². The minimum Gasteiger partial charge on any atom is -0.354 e. The standard InChI is InChI=1S/C14H21N3O2/c1-4-10-5-6-12(15-10)14(19)16-11-7-13(18)17(8-11)9(2)3/h5-6,9,11,15H,4,7-8H2,1-3H3,(H,16,19)/t11-/m0/s1. The average Bonchev–Trinajstić information content (AvgIpc) is 2.95. The number of hydrogen-bond acceptors (Lipinski definition) is 2. The topological polar surface area (TPSA) is 65.2 Å². The van der Waals surface area contributed by atoms with Crippen molar-refractivity contribution in [1.82, 2.24) is 15.2 Å². The summed E-state index contributed by atoms with van der Waals surface area (Å²) in [5, 5.41) is 2.92. The van der Waals surface area contributed by atoms with E-state index in [0.29, 0.717) is 18.7 Å². The number of amides is 2. The van der Waals surface area contributed by atoms with Crippen LogP contribution in [-0.4, -0.2) is 40.3 Å². The Balaban J connectivity index is 1.95. The SMILES string of the molecule is CCc1ccc(C(=O)N[C@H]2CC(=O)N(C(C)C)C2)[nH]1. The number of aryl methyl sites for hydroxylation is 1. The first kappa shape index (κ1) is 13.6. The second-order valence-electron chi connectivity index (χ2n) is 5.27. The van der Waals surface area contributed by atoms with E-state index in [-0.39, 0.29) is 23.9 Å². The van der Waals surface area contributed by atoms with E-state index >= 15 is 0 Å². The van der Waals surface area contributed by atoms with Crippen molar-refractivity contribution in [1.29, 1.82) is 0 Å². The Morgan fingerprint density at radius 3 is 2.79 bits per heavy atom. The van der Waals surface area contributed by atoms with Crippen molar-refractivity contribution in [2.75, 3.05) is 6.54 Å². The maximum Gasteiger partial charge on any atom is 0.267 e. The number of likely N-dealkylation sites (tertiary alicyclic amines) is 1. The van der Waals surface area contributed by atoms with Crippen LogP contribution in [0.4, 0.5) is 0 Å². The van der Waals surface area contributed by atoms with Crippen LogP contribution in [0.25, 0.3) is 0 Å². The van der Waals surface area contributed by atoms with Crippen LogP contribution in [0.15, 0.2) is 12.1 Å². The van der Waals surface area contributed by atoms with Crippen LogP contribution in [0.2, 0.25) is 0 Å². The molecule has 0 radical (unpaired) electrons. The highest BCUT2D eigenvalue weighted by Gasteiger charge is 2.32. The Labute approximate surface area is 113 Å². The van der Waals surface area contributed by atoms with Crippen molar-refractivity contribution in [3.8, 4) is 0 Å². The Morgan fingerprint density at radius 1 is 1.53 bits per heavy atom. The summed E-state index contributed by atoms with van der Waals surface area (Å²) in [4.78, 5) is 28.7. The molecule has 0 aliphatic carbocycles. The average molecular weight is 263 g/mol. The van der Waals surface area contributed by atoms with Gasteiger partial charge in [-0.25, -0.2) is 0 Å². The predicted molar refractivity (Wildman–Crippen MR) is 72.9 cm³/mol. The molecule has 0 saturated carbocycles. The molecule has 1 aliphatic heterocycles. The summed E-state index contributed by atoms with van der Waals surface area (Å²) in [7, 11) is 0. The first-order chi connectivity index (χ1) is 9.01. The molecule has 5 heteroatoms. The van der Waals surface area contributed by atoms with Crippen LogP contribution in [0.3, 0.4) is 0 Å². The number of carbonyl (C=O) groups excluding carboxylic acids is 2. The maximum absolute atomic E-state index is 12.0. The van der Waals surface area contributed by atoms with Gasteiger partial charge in [0.05, 0.1) is 6.04 Å². The van der Waals surface area contributed by atoms with Gasteiger partial charge in [0.1, 0.15) is 5.69 Å². The van der Waals surface area contributed by atoms with Gasteiger partial charge in [-0.1, -0.05) is 6.92 Å². The van der Waals surface area contributed by atoms with E-state index in [1.54, 1.807) is 11.0 Å². The largest absolute Gasteiger partial charge is 0.354 e. The molecule has 1 saturated heterocycles. The Kier molecular flexibility index (Phi) is 3.93. The van der Waals surface area contributed by atoms with Crippen LogP contribution in [0, 0.1) is 0 Å². The van der Waals surface area contributed by atoms with Crippen LogP contribution >= 0.6 is 0 Å². The Hall–Kier alpha value is -1.78. The lowest BCUT2D eigenvalue weighted by Crippen LogP contribution is -2.39. The van der Waals surface area contributed by atoms with E-state index in [1.807, 2.05) is 26.8 Å². The highest BCUT2D eigenvalue weighted by molar-refractivity contribution is 5.93. The summed E-state index contributed by atoms with van der Waals surface area (Å²) in [5.41, 5.74) is 1.60. The molecule has 0 unspecified atom stereocenters. The summed E-state index contributed by atoms with van der Waals surface area (Å²) >= 11 is 0. The third-order valence-electron chi connectivity index (χ3n) is 3.49. The molecule has 2 N–H and O–H groups in total. The lowest BCUT2D eigenvalue weighted by Gasteiger charge is -2.21. The van der Waals surface area contributed by atoms with E-state index < -0.39 is 0 Å². The molecule has 1 fully saturated rings. The van der Waals surface area contributed by atoms with Crippen molar-refractivity contribution in [2.24, 2.45) is 0 Å². The number of aromatic nitrogens is 1.